The quantitative estimate of drug-likeness (QED) is 0.622. The van der Waals surface area contributed by atoms with E-state index in [0.717, 1.165) is 21.9 Å². The van der Waals surface area contributed by atoms with Crippen molar-refractivity contribution in [3.8, 4) is 0 Å². The molecule has 2 aromatic rings. The summed E-state index contributed by atoms with van der Waals surface area (Å²) in [4.78, 5) is 12.0. The van der Waals surface area contributed by atoms with E-state index in [4.69, 9.17) is 0 Å². The van der Waals surface area contributed by atoms with Crippen molar-refractivity contribution in [1.82, 2.24) is 20.1 Å². The van der Waals surface area contributed by atoms with Crippen LogP contribution < -0.4 is 5.32 Å². The maximum Gasteiger partial charge on any atom is 0.451 e. The molecular formula is C15H16F4N4OS. The number of amides is 1. The number of aromatic nitrogens is 3. The van der Waals surface area contributed by atoms with Crippen LogP contribution in [-0.4, -0.2) is 32.5 Å². The smallest absolute Gasteiger partial charge is 0.355 e. The molecule has 10 heteroatoms. The Balaban J connectivity index is 1.86. The van der Waals surface area contributed by atoms with Gasteiger partial charge in [0.15, 0.2) is 5.16 Å². The molecule has 0 spiro atoms. The van der Waals surface area contributed by atoms with Gasteiger partial charge in [0.05, 0.1) is 5.25 Å². The van der Waals surface area contributed by atoms with E-state index in [0.29, 0.717) is 13.0 Å². The summed E-state index contributed by atoms with van der Waals surface area (Å²) >= 11 is 0.891. The van der Waals surface area contributed by atoms with Gasteiger partial charge >= 0.3 is 6.18 Å². The Hall–Kier alpha value is -2.10. The van der Waals surface area contributed by atoms with Crippen LogP contribution in [0.15, 0.2) is 29.4 Å². The maximum atomic E-state index is 12.8. The highest BCUT2D eigenvalue weighted by atomic mass is 32.2. The first-order chi connectivity index (χ1) is 11.7. The molecule has 0 saturated carbocycles. The molecule has 0 aliphatic carbocycles. The second-order valence-electron chi connectivity index (χ2n) is 5.29. The van der Waals surface area contributed by atoms with E-state index in [2.05, 4.69) is 15.5 Å². The second-order valence-corrected chi connectivity index (χ2v) is 6.60. The van der Waals surface area contributed by atoms with Crippen LogP contribution in [0.3, 0.4) is 0 Å². The molecule has 0 radical (unpaired) electrons. The van der Waals surface area contributed by atoms with Crippen molar-refractivity contribution in [3.63, 3.8) is 0 Å². The number of rotatable bonds is 6. The molecular weight excluding hydrogens is 360 g/mol. The predicted octanol–water partition coefficient (Wildman–Crippen LogP) is 2.81. The monoisotopic (exact) mass is 376 g/mol. The van der Waals surface area contributed by atoms with Crippen LogP contribution in [0.1, 0.15) is 18.3 Å². The average molecular weight is 376 g/mol. The second kappa shape index (κ2) is 7.85. The fourth-order valence-corrected chi connectivity index (χ4v) is 2.84. The highest BCUT2D eigenvalue weighted by Gasteiger charge is 2.37. The van der Waals surface area contributed by atoms with Gasteiger partial charge in [0.1, 0.15) is 5.82 Å². The number of hydrogen-bond donors (Lipinski definition) is 1. The van der Waals surface area contributed by atoms with Gasteiger partial charge in [0.2, 0.25) is 11.7 Å². The van der Waals surface area contributed by atoms with Crippen molar-refractivity contribution < 1.29 is 22.4 Å². The molecule has 0 fully saturated rings. The molecule has 2 rings (SSSR count). The lowest BCUT2D eigenvalue weighted by atomic mass is 10.1. The zero-order chi connectivity index (χ0) is 18.6. The van der Waals surface area contributed by atoms with Gasteiger partial charge in [0, 0.05) is 13.6 Å². The van der Waals surface area contributed by atoms with E-state index in [-0.39, 0.29) is 16.9 Å². The molecule has 0 bridgehead atoms. The van der Waals surface area contributed by atoms with Crippen LogP contribution in [0.2, 0.25) is 0 Å². The molecule has 1 aromatic carbocycles. The third-order valence-electron chi connectivity index (χ3n) is 3.37. The van der Waals surface area contributed by atoms with Gasteiger partial charge in [-0.05, 0) is 31.0 Å². The normalized spacial score (nSPS) is 12.9. The zero-order valence-corrected chi connectivity index (χ0v) is 14.3. The minimum atomic E-state index is -4.60. The van der Waals surface area contributed by atoms with Crippen LogP contribution >= 0.6 is 11.8 Å². The van der Waals surface area contributed by atoms with Crippen molar-refractivity contribution in [3.05, 3.63) is 41.5 Å². The zero-order valence-electron chi connectivity index (χ0n) is 13.5. The van der Waals surface area contributed by atoms with Gasteiger partial charge < -0.3 is 9.88 Å². The lowest BCUT2D eigenvalue weighted by Crippen LogP contribution is -2.32. The van der Waals surface area contributed by atoms with E-state index in [1.807, 2.05) is 0 Å². The highest BCUT2D eigenvalue weighted by molar-refractivity contribution is 8.00. The van der Waals surface area contributed by atoms with Crippen LogP contribution in [-0.2, 0) is 24.4 Å². The number of nitrogens with zero attached hydrogens (tertiary/aromatic N) is 3. The Morgan fingerprint density at radius 3 is 2.48 bits per heavy atom. The first-order valence-corrected chi connectivity index (χ1v) is 8.22. The molecule has 1 aromatic heterocycles. The number of nitrogens with one attached hydrogen (secondary N) is 1. The van der Waals surface area contributed by atoms with Crippen molar-refractivity contribution in [2.24, 2.45) is 7.05 Å². The molecule has 1 atom stereocenters. The van der Waals surface area contributed by atoms with Crippen molar-refractivity contribution >= 4 is 17.7 Å². The largest absolute Gasteiger partial charge is 0.451 e. The minimum Gasteiger partial charge on any atom is -0.355 e. The summed E-state index contributed by atoms with van der Waals surface area (Å²) in [6.45, 7) is 1.90. The van der Waals surface area contributed by atoms with Gasteiger partial charge in [-0.15, -0.1) is 10.2 Å². The number of halogens is 4. The van der Waals surface area contributed by atoms with Gasteiger partial charge in [-0.1, -0.05) is 23.9 Å². The predicted molar refractivity (Wildman–Crippen MR) is 84.4 cm³/mol. The van der Waals surface area contributed by atoms with E-state index >= 15 is 0 Å². The average Bonchev–Trinajstić information content (AvgIpc) is 2.90. The standard InChI is InChI=1S/C15H16F4N4OS/c1-9(25-14-22-21-13(23(14)2)15(17,18)19)12(24)20-8-7-10-3-5-11(16)6-4-10/h3-6,9H,7-8H2,1-2H3,(H,20,24)/t9-/m1/s1. The Bertz CT molecular complexity index is 730. The van der Waals surface area contributed by atoms with Gasteiger partial charge in [-0.2, -0.15) is 13.2 Å². The Kier molecular flexibility index (Phi) is 6.04. The van der Waals surface area contributed by atoms with Crippen LogP contribution in [0.5, 0.6) is 0 Å². The molecule has 1 N–H and O–H groups in total. The van der Waals surface area contributed by atoms with E-state index < -0.39 is 17.3 Å². The molecule has 5 nitrogen and oxygen atoms in total. The molecule has 1 amide bonds. The summed E-state index contributed by atoms with van der Waals surface area (Å²) in [6, 6.07) is 5.92. The molecule has 0 aliphatic rings. The van der Waals surface area contributed by atoms with Crippen LogP contribution in [0.25, 0.3) is 0 Å². The van der Waals surface area contributed by atoms with Gasteiger partial charge in [-0.3, -0.25) is 4.79 Å². The summed E-state index contributed by atoms with van der Waals surface area (Å²) in [5, 5.41) is 8.65. The molecule has 0 saturated heterocycles. The number of carbonyl (C=O) groups excluding carboxylic acids is 1. The first-order valence-electron chi connectivity index (χ1n) is 7.34. The number of carbonyl (C=O) groups is 1. The first kappa shape index (κ1) is 19.2. The van der Waals surface area contributed by atoms with E-state index in [1.54, 1.807) is 19.1 Å². The van der Waals surface area contributed by atoms with E-state index in [1.165, 1.54) is 19.2 Å². The molecule has 25 heavy (non-hydrogen) atoms. The van der Waals surface area contributed by atoms with Gasteiger partial charge in [0.25, 0.3) is 0 Å². The topological polar surface area (TPSA) is 59.8 Å². The Morgan fingerprint density at radius 1 is 1.28 bits per heavy atom. The summed E-state index contributed by atoms with van der Waals surface area (Å²) in [5.41, 5.74) is 0.866. The highest BCUT2D eigenvalue weighted by Crippen LogP contribution is 2.30. The molecule has 136 valence electrons. The molecule has 0 aliphatic heterocycles. The summed E-state index contributed by atoms with van der Waals surface area (Å²) in [5.74, 6) is -1.78. The van der Waals surface area contributed by atoms with Crippen LogP contribution in [0.4, 0.5) is 17.6 Å². The fourth-order valence-electron chi connectivity index (χ4n) is 2.00. The van der Waals surface area contributed by atoms with Crippen LogP contribution in [0, 0.1) is 5.82 Å². The lowest BCUT2D eigenvalue weighted by Gasteiger charge is -2.12. The summed E-state index contributed by atoms with van der Waals surface area (Å²) < 4.78 is 51.6. The molecule has 0 unspecified atom stereocenters. The van der Waals surface area contributed by atoms with Crippen molar-refractivity contribution in [2.75, 3.05) is 6.54 Å². The van der Waals surface area contributed by atoms with E-state index in [9.17, 15) is 22.4 Å². The lowest BCUT2D eigenvalue weighted by molar-refractivity contribution is -0.147. The Labute approximate surface area is 145 Å². The number of alkyl halides is 3. The molecule has 1 heterocycles. The SMILES string of the molecule is C[C@@H](Sc1nnc(C(F)(F)F)n1C)C(=O)NCCc1ccc(F)cc1. The number of benzene rings is 1. The maximum absolute atomic E-state index is 12.8. The van der Waals surface area contributed by atoms with Crippen molar-refractivity contribution in [2.45, 2.75) is 29.9 Å². The number of thioether (sulfide) groups is 1. The fraction of sp³-hybridized carbons (Fsp3) is 0.400. The third kappa shape index (κ3) is 5.18. The summed E-state index contributed by atoms with van der Waals surface area (Å²) in [6.07, 6.45) is -4.08. The third-order valence-corrected chi connectivity index (χ3v) is 4.50. The van der Waals surface area contributed by atoms with Crippen molar-refractivity contribution in [1.29, 1.82) is 0 Å². The Morgan fingerprint density at radius 2 is 1.92 bits per heavy atom. The van der Waals surface area contributed by atoms with Gasteiger partial charge in [-0.25, -0.2) is 4.39 Å². The summed E-state index contributed by atoms with van der Waals surface area (Å²) in [7, 11) is 1.20. The number of hydrogen-bond acceptors (Lipinski definition) is 4. The minimum absolute atomic E-state index is 0.00788.